The van der Waals surface area contributed by atoms with Crippen LogP contribution in [0.25, 0.3) is 0 Å². The normalized spacial score (nSPS) is 11.3. The van der Waals surface area contributed by atoms with Gasteiger partial charge in [-0.1, -0.05) is 105 Å². The second-order valence-corrected chi connectivity index (χ2v) is 10.5. The van der Waals surface area contributed by atoms with Crippen LogP contribution in [0.3, 0.4) is 0 Å². The van der Waals surface area contributed by atoms with Crippen LogP contribution in [0.1, 0.15) is 130 Å². The van der Waals surface area contributed by atoms with E-state index in [0.717, 1.165) is 63.4 Å². The van der Waals surface area contributed by atoms with Gasteiger partial charge in [-0.3, -0.25) is 9.59 Å². The maximum absolute atomic E-state index is 12.6. The lowest BCUT2D eigenvalue weighted by Crippen LogP contribution is -2.13. The number of ether oxygens (including phenoxy) is 2. The molecule has 0 N–H and O–H groups in total. The van der Waals surface area contributed by atoms with E-state index < -0.39 is 0 Å². The van der Waals surface area contributed by atoms with Crippen molar-refractivity contribution in [2.45, 2.75) is 131 Å². The molecule has 1 aromatic rings. The van der Waals surface area contributed by atoms with Crippen molar-refractivity contribution in [3.63, 3.8) is 0 Å². The highest BCUT2D eigenvalue weighted by molar-refractivity contribution is 5.76. The molecule has 0 heterocycles. The first-order chi connectivity index (χ1) is 16.3. The predicted molar refractivity (Wildman–Crippen MR) is 141 cm³/mol. The van der Waals surface area contributed by atoms with Crippen LogP contribution in [0.5, 0.6) is 11.5 Å². The first-order valence-corrected chi connectivity index (χ1v) is 13.9. The second-order valence-electron chi connectivity index (χ2n) is 10.5. The fourth-order valence-electron chi connectivity index (χ4n) is 4.03. The Balaban J connectivity index is 2.77. The van der Waals surface area contributed by atoms with Gasteiger partial charge < -0.3 is 9.47 Å². The smallest absolute Gasteiger partial charge is 0.311 e. The molecule has 0 amide bonds. The Morgan fingerprint density at radius 2 is 1.26 bits per heavy atom. The van der Waals surface area contributed by atoms with Gasteiger partial charge in [0.1, 0.15) is 0 Å². The van der Waals surface area contributed by atoms with Gasteiger partial charge in [-0.05, 0) is 49.1 Å². The molecule has 4 heteroatoms. The number of rotatable bonds is 19. The number of esters is 2. The Hall–Kier alpha value is -1.84. The van der Waals surface area contributed by atoms with E-state index in [1.165, 1.54) is 25.7 Å². The second kappa shape index (κ2) is 18.5. The van der Waals surface area contributed by atoms with Gasteiger partial charge >= 0.3 is 11.9 Å². The first kappa shape index (κ1) is 30.2. The molecule has 0 spiro atoms. The highest BCUT2D eigenvalue weighted by atomic mass is 16.6. The number of benzene rings is 1. The summed E-state index contributed by atoms with van der Waals surface area (Å²) in [7, 11) is 0. The molecular weight excluding hydrogens is 424 g/mol. The molecule has 0 atom stereocenters. The Morgan fingerprint density at radius 1 is 0.706 bits per heavy atom. The molecule has 0 unspecified atom stereocenters. The van der Waals surface area contributed by atoms with Crippen LogP contribution in [0.2, 0.25) is 0 Å². The van der Waals surface area contributed by atoms with Crippen molar-refractivity contribution in [2.24, 2.45) is 11.8 Å². The van der Waals surface area contributed by atoms with Crippen molar-refractivity contribution >= 4 is 11.9 Å². The molecule has 194 valence electrons. The molecule has 1 aromatic carbocycles. The Bertz CT molecular complexity index is 693. The predicted octanol–water partition coefficient (Wildman–Crippen LogP) is 8.83. The number of carbonyl (C=O) groups excluding carboxylic acids is 2. The number of aryl methyl sites for hydroxylation is 1. The molecule has 0 bridgehead atoms. The standard InChI is InChI=1S/C30H50O4/c1-6-7-8-9-10-11-19-26-20-16-21-27(33-28(31)22-14-12-17-24(2)3)30(26)34-29(32)23-15-13-18-25(4)5/h16,20-21,24-25H,6-15,17-19,22-23H2,1-5H3. The highest BCUT2D eigenvalue weighted by Crippen LogP contribution is 2.33. The van der Waals surface area contributed by atoms with Crippen molar-refractivity contribution in [1.29, 1.82) is 0 Å². The zero-order valence-corrected chi connectivity index (χ0v) is 22.6. The van der Waals surface area contributed by atoms with Crippen LogP contribution in [-0.4, -0.2) is 11.9 Å². The minimum absolute atomic E-state index is 0.242. The topological polar surface area (TPSA) is 52.6 Å². The number of para-hydroxylation sites is 1. The van der Waals surface area contributed by atoms with Crippen molar-refractivity contribution in [3.05, 3.63) is 23.8 Å². The van der Waals surface area contributed by atoms with Gasteiger partial charge in [0.15, 0.2) is 11.5 Å². The molecular formula is C30H50O4. The minimum Gasteiger partial charge on any atom is -0.423 e. The fraction of sp³-hybridized carbons (Fsp3) is 0.733. The van der Waals surface area contributed by atoms with E-state index in [0.29, 0.717) is 36.2 Å². The number of hydrogen-bond acceptors (Lipinski definition) is 4. The van der Waals surface area contributed by atoms with E-state index in [4.69, 9.17) is 9.47 Å². The first-order valence-electron chi connectivity index (χ1n) is 13.9. The molecule has 4 nitrogen and oxygen atoms in total. The van der Waals surface area contributed by atoms with Crippen LogP contribution in [0, 0.1) is 11.8 Å². The number of carbonyl (C=O) groups is 2. The lowest BCUT2D eigenvalue weighted by Gasteiger charge is -2.15. The molecule has 0 aromatic heterocycles. The van der Waals surface area contributed by atoms with Crippen molar-refractivity contribution in [2.75, 3.05) is 0 Å². The third-order valence-electron chi connectivity index (χ3n) is 6.12. The van der Waals surface area contributed by atoms with Gasteiger partial charge in [-0.25, -0.2) is 0 Å². The van der Waals surface area contributed by atoms with E-state index in [9.17, 15) is 9.59 Å². The number of hydrogen-bond donors (Lipinski definition) is 0. The van der Waals surface area contributed by atoms with Gasteiger partial charge in [0, 0.05) is 12.8 Å². The summed E-state index contributed by atoms with van der Waals surface area (Å²) in [5.74, 6) is 1.61. The van der Waals surface area contributed by atoms with Crippen LogP contribution >= 0.6 is 0 Å². The largest absolute Gasteiger partial charge is 0.423 e. The lowest BCUT2D eigenvalue weighted by molar-refractivity contribution is -0.137. The van der Waals surface area contributed by atoms with Crippen molar-refractivity contribution < 1.29 is 19.1 Å². The van der Waals surface area contributed by atoms with Crippen LogP contribution in [0.15, 0.2) is 18.2 Å². The van der Waals surface area contributed by atoms with Crippen LogP contribution in [0.4, 0.5) is 0 Å². The van der Waals surface area contributed by atoms with Gasteiger partial charge in [0.05, 0.1) is 0 Å². The third kappa shape index (κ3) is 14.4. The SMILES string of the molecule is CCCCCCCCc1cccc(OC(=O)CCCCC(C)C)c1OC(=O)CCCCC(C)C. The van der Waals surface area contributed by atoms with Gasteiger partial charge in [0.2, 0.25) is 0 Å². The Morgan fingerprint density at radius 3 is 1.85 bits per heavy atom. The summed E-state index contributed by atoms with van der Waals surface area (Å²) in [6.07, 6.45) is 14.7. The van der Waals surface area contributed by atoms with Gasteiger partial charge in [0.25, 0.3) is 0 Å². The molecule has 0 aliphatic rings. The Kier molecular flexibility index (Phi) is 16.4. The minimum atomic E-state index is -0.255. The monoisotopic (exact) mass is 474 g/mol. The van der Waals surface area contributed by atoms with Gasteiger partial charge in [-0.2, -0.15) is 0 Å². The molecule has 0 saturated heterocycles. The maximum Gasteiger partial charge on any atom is 0.311 e. The van der Waals surface area contributed by atoms with E-state index >= 15 is 0 Å². The van der Waals surface area contributed by atoms with Crippen LogP contribution in [-0.2, 0) is 16.0 Å². The summed E-state index contributed by atoms with van der Waals surface area (Å²) in [4.78, 5) is 25.1. The summed E-state index contributed by atoms with van der Waals surface area (Å²) >= 11 is 0. The summed E-state index contributed by atoms with van der Waals surface area (Å²) in [6.45, 7) is 11.0. The average molecular weight is 475 g/mol. The van der Waals surface area contributed by atoms with Gasteiger partial charge in [-0.15, -0.1) is 0 Å². The molecule has 0 fully saturated rings. The van der Waals surface area contributed by atoms with E-state index in [2.05, 4.69) is 34.6 Å². The average Bonchev–Trinajstić information content (AvgIpc) is 2.78. The molecule has 0 aliphatic heterocycles. The fourth-order valence-corrected chi connectivity index (χ4v) is 4.03. The summed E-state index contributed by atoms with van der Waals surface area (Å²) in [6, 6.07) is 5.64. The zero-order chi connectivity index (χ0) is 25.2. The summed E-state index contributed by atoms with van der Waals surface area (Å²) in [5.41, 5.74) is 0.955. The lowest BCUT2D eigenvalue weighted by atomic mass is 10.0. The molecule has 0 radical (unpaired) electrons. The summed E-state index contributed by atoms with van der Waals surface area (Å²) in [5, 5.41) is 0. The van der Waals surface area contributed by atoms with Crippen LogP contribution < -0.4 is 9.47 Å². The molecule has 1 rings (SSSR count). The molecule has 34 heavy (non-hydrogen) atoms. The van der Waals surface area contributed by atoms with E-state index in [1.54, 1.807) is 6.07 Å². The Labute approximate surface area is 209 Å². The van der Waals surface area contributed by atoms with E-state index in [1.807, 2.05) is 12.1 Å². The number of unbranched alkanes of at least 4 members (excludes halogenated alkanes) is 7. The molecule has 0 saturated carbocycles. The zero-order valence-electron chi connectivity index (χ0n) is 22.6. The quantitative estimate of drug-likeness (QED) is 0.114. The maximum atomic E-state index is 12.6. The van der Waals surface area contributed by atoms with E-state index in [-0.39, 0.29) is 11.9 Å². The molecule has 0 aliphatic carbocycles. The third-order valence-corrected chi connectivity index (χ3v) is 6.12. The highest BCUT2D eigenvalue weighted by Gasteiger charge is 2.18. The summed E-state index contributed by atoms with van der Waals surface area (Å²) < 4.78 is 11.5. The van der Waals surface area contributed by atoms with Crippen molar-refractivity contribution in [3.8, 4) is 11.5 Å². The van der Waals surface area contributed by atoms with Crippen molar-refractivity contribution in [1.82, 2.24) is 0 Å².